The third-order valence-electron chi connectivity index (χ3n) is 3.25. The van der Waals surface area contributed by atoms with E-state index in [1.807, 2.05) is 24.3 Å². The van der Waals surface area contributed by atoms with Gasteiger partial charge in [0, 0.05) is 27.8 Å². The lowest BCUT2D eigenvalue weighted by molar-refractivity contribution is 0.220. The van der Waals surface area contributed by atoms with E-state index in [9.17, 15) is 9.50 Å². The maximum atomic E-state index is 13.1. The van der Waals surface area contributed by atoms with Crippen molar-refractivity contribution >= 4 is 26.7 Å². The second-order valence-corrected chi connectivity index (χ2v) is 5.37. The van der Waals surface area contributed by atoms with Crippen LogP contribution in [0.4, 0.5) is 4.39 Å². The maximum absolute atomic E-state index is 13.1. The van der Waals surface area contributed by atoms with Gasteiger partial charge in [-0.05, 0) is 23.1 Å². The van der Waals surface area contributed by atoms with E-state index >= 15 is 0 Å². The Morgan fingerprint density at radius 3 is 2.65 bits per heavy atom. The minimum Gasteiger partial charge on any atom is -0.384 e. The summed E-state index contributed by atoms with van der Waals surface area (Å²) in [6.07, 6.45) is 2.54. The lowest BCUT2D eigenvalue weighted by Crippen LogP contribution is -2.02. The van der Waals surface area contributed by atoms with Crippen LogP contribution < -0.4 is 0 Å². The summed E-state index contributed by atoms with van der Waals surface area (Å²) in [4.78, 5) is 4.16. The highest BCUT2D eigenvalue weighted by Gasteiger charge is 2.16. The van der Waals surface area contributed by atoms with E-state index in [-0.39, 0.29) is 5.82 Å². The third-order valence-corrected chi connectivity index (χ3v) is 3.94. The van der Waals surface area contributed by atoms with Gasteiger partial charge in [0.2, 0.25) is 0 Å². The molecule has 0 aliphatic carbocycles. The average Bonchev–Trinajstić information content (AvgIpc) is 2.46. The van der Waals surface area contributed by atoms with E-state index in [1.54, 1.807) is 18.5 Å². The summed E-state index contributed by atoms with van der Waals surface area (Å²) in [5.41, 5.74) is 1.32. The summed E-state index contributed by atoms with van der Waals surface area (Å²) < 4.78 is 13.7. The van der Waals surface area contributed by atoms with E-state index in [4.69, 9.17) is 0 Å². The molecule has 1 atom stereocenters. The zero-order valence-corrected chi connectivity index (χ0v) is 12.0. The van der Waals surface area contributed by atoms with E-state index in [2.05, 4.69) is 20.9 Å². The van der Waals surface area contributed by atoms with Gasteiger partial charge in [-0.3, -0.25) is 4.98 Å². The van der Waals surface area contributed by atoms with Crippen LogP contribution in [0.2, 0.25) is 0 Å². The molecule has 0 aliphatic heterocycles. The molecule has 0 fully saturated rings. The van der Waals surface area contributed by atoms with Crippen molar-refractivity contribution in [3.63, 3.8) is 0 Å². The van der Waals surface area contributed by atoms with Crippen molar-refractivity contribution in [3.8, 4) is 0 Å². The number of rotatable bonds is 2. The minimum absolute atomic E-state index is 0.344. The molecule has 3 rings (SSSR count). The van der Waals surface area contributed by atoms with E-state index in [0.29, 0.717) is 15.6 Å². The fraction of sp³-hybridized carbons (Fsp3) is 0.0625. The molecule has 0 saturated heterocycles. The molecule has 1 N–H and O–H groups in total. The van der Waals surface area contributed by atoms with Gasteiger partial charge in [0.25, 0.3) is 0 Å². The van der Waals surface area contributed by atoms with Crippen LogP contribution in [0.25, 0.3) is 10.8 Å². The Morgan fingerprint density at radius 2 is 1.85 bits per heavy atom. The van der Waals surface area contributed by atoms with Gasteiger partial charge in [0.1, 0.15) is 11.9 Å². The van der Waals surface area contributed by atoms with Crippen LogP contribution in [-0.2, 0) is 0 Å². The molecule has 1 unspecified atom stereocenters. The van der Waals surface area contributed by atoms with Crippen LogP contribution in [0.5, 0.6) is 0 Å². The molecule has 100 valence electrons. The zero-order chi connectivity index (χ0) is 14.1. The predicted octanol–water partition coefficient (Wildman–Crippen LogP) is 4.22. The maximum Gasteiger partial charge on any atom is 0.124 e. The molecular weight excluding hydrogens is 321 g/mol. The molecule has 20 heavy (non-hydrogen) atoms. The average molecular weight is 332 g/mol. The minimum atomic E-state index is -0.858. The number of pyridine rings is 1. The normalized spacial score (nSPS) is 12.6. The quantitative estimate of drug-likeness (QED) is 0.762. The second kappa shape index (κ2) is 5.31. The Bertz CT molecular complexity index is 770. The standard InChI is InChI=1S/C16H11BrFNO/c17-15-7-11(18)5-6-13(15)16(20)14-9-19-8-10-3-1-2-4-12(10)14/h1-9,16,20H. The van der Waals surface area contributed by atoms with Crippen molar-refractivity contribution in [2.75, 3.05) is 0 Å². The van der Waals surface area contributed by atoms with Crippen molar-refractivity contribution in [2.45, 2.75) is 6.10 Å². The fourth-order valence-electron chi connectivity index (χ4n) is 2.25. The first-order chi connectivity index (χ1) is 9.66. The number of hydrogen-bond donors (Lipinski definition) is 1. The number of aliphatic hydroxyl groups excluding tert-OH is 1. The molecule has 1 aromatic heterocycles. The number of fused-ring (bicyclic) bond motifs is 1. The first-order valence-corrected chi connectivity index (χ1v) is 6.92. The summed E-state index contributed by atoms with van der Waals surface area (Å²) in [6.45, 7) is 0. The molecule has 4 heteroatoms. The molecule has 0 spiro atoms. The Hall–Kier alpha value is -1.78. The van der Waals surface area contributed by atoms with Gasteiger partial charge in [-0.1, -0.05) is 46.3 Å². The zero-order valence-electron chi connectivity index (χ0n) is 10.4. The molecule has 1 heterocycles. The number of hydrogen-bond acceptors (Lipinski definition) is 2. The lowest BCUT2D eigenvalue weighted by Gasteiger charge is -2.15. The summed E-state index contributed by atoms with van der Waals surface area (Å²) in [5, 5.41) is 12.5. The fourth-order valence-corrected chi connectivity index (χ4v) is 2.82. The van der Waals surface area contributed by atoms with Gasteiger partial charge in [-0.25, -0.2) is 4.39 Å². The van der Waals surface area contributed by atoms with E-state index in [0.717, 1.165) is 10.8 Å². The van der Waals surface area contributed by atoms with Crippen LogP contribution in [0.3, 0.4) is 0 Å². The second-order valence-electron chi connectivity index (χ2n) is 4.52. The highest BCUT2D eigenvalue weighted by Crippen LogP contribution is 2.32. The Kier molecular flexibility index (Phi) is 3.51. The summed E-state index contributed by atoms with van der Waals surface area (Å²) in [5.74, 6) is -0.344. The summed E-state index contributed by atoms with van der Waals surface area (Å²) in [7, 11) is 0. The summed E-state index contributed by atoms with van der Waals surface area (Å²) >= 11 is 3.29. The molecule has 2 nitrogen and oxygen atoms in total. The van der Waals surface area contributed by atoms with Crippen molar-refractivity contribution in [3.05, 3.63) is 76.3 Å². The van der Waals surface area contributed by atoms with Crippen LogP contribution in [-0.4, -0.2) is 10.1 Å². The van der Waals surface area contributed by atoms with Gasteiger partial charge >= 0.3 is 0 Å². The van der Waals surface area contributed by atoms with Gasteiger partial charge in [0.15, 0.2) is 0 Å². The third kappa shape index (κ3) is 2.32. The highest BCUT2D eigenvalue weighted by molar-refractivity contribution is 9.10. The van der Waals surface area contributed by atoms with Gasteiger partial charge < -0.3 is 5.11 Å². The molecule has 2 aromatic carbocycles. The predicted molar refractivity (Wildman–Crippen MR) is 79.9 cm³/mol. The number of aromatic nitrogens is 1. The van der Waals surface area contributed by atoms with E-state index < -0.39 is 6.10 Å². The molecule has 3 aromatic rings. The van der Waals surface area contributed by atoms with Crippen LogP contribution >= 0.6 is 15.9 Å². The highest BCUT2D eigenvalue weighted by atomic mass is 79.9. The van der Waals surface area contributed by atoms with Gasteiger partial charge in [0.05, 0.1) is 0 Å². The van der Waals surface area contributed by atoms with Crippen LogP contribution in [0, 0.1) is 5.82 Å². The number of benzene rings is 2. The first kappa shape index (κ1) is 13.2. The van der Waals surface area contributed by atoms with Crippen LogP contribution in [0.15, 0.2) is 59.3 Å². The molecule has 0 aliphatic rings. The lowest BCUT2D eigenvalue weighted by atomic mass is 9.98. The molecule has 0 radical (unpaired) electrons. The number of halogens is 2. The monoisotopic (exact) mass is 331 g/mol. The number of aliphatic hydroxyl groups is 1. The van der Waals surface area contributed by atoms with Crippen molar-refractivity contribution < 1.29 is 9.50 Å². The molecule has 0 amide bonds. The van der Waals surface area contributed by atoms with Crippen molar-refractivity contribution in [2.24, 2.45) is 0 Å². The Labute approximate surface area is 124 Å². The van der Waals surface area contributed by atoms with Crippen molar-refractivity contribution in [1.29, 1.82) is 0 Å². The summed E-state index contributed by atoms with van der Waals surface area (Å²) in [6, 6.07) is 12.0. The Balaban J connectivity index is 2.15. The van der Waals surface area contributed by atoms with E-state index in [1.165, 1.54) is 12.1 Å². The van der Waals surface area contributed by atoms with Gasteiger partial charge in [-0.2, -0.15) is 0 Å². The smallest absolute Gasteiger partial charge is 0.124 e. The first-order valence-electron chi connectivity index (χ1n) is 6.12. The largest absolute Gasteiger partial charge is 0.384 e. The van der Waals surface area contributed by atoms with Gasteiger partial charge in [-0.15, -0.1) is 0 Å². The number of nitrogens with zero attached hydrogens (tertiary/aromatic N) is 1. The van der Waals surface area contributed by atoms with Crippen LogP contribution in [0.1, 0.15) is 17.2 Å². The molecule has 0 saturated carbocycles. The Morgan fingerprint density at radius 1 is 1.05 bits per heavy atom. The topological polar surface area (TPSA) is 33.1 Å². The molecular formula is C16H11BrFNO. The molecule has 0 bridgehead atoms. The van der Waals surface area contributed by atoms with Crippen molar-refractivity contribution in [1.82, 2.24) is 4.98 Å². The SMILES string of the molecule is OC(c1ccc(F)cc1Br)c1cncc2ccccc12.